The van der Waals surface area contributed by atoms with Crippen molar-refractivity contribution in [2.24, 2.45) is 0 Å². The van der Waals surface area contributed by atoms with Gasteiger partial charge in [0.2, 0.25) is 0 Å². The number of aromatic nitrogens is 1. The summed E-state index contributed by atoms with van der Waals surface area (Å²) in [5.41, 5.74) is 2.05. The molecular weight excluding hydrogens is 478 g/mol. The summed E-state index contributed by atoms with van der Waals surface area (Å²) < 4.78 is 35.1. The van der Waals surface area contributed by atoms with Crippen molar-refractivity contribution in [3.05, 3.63) is 66.7 Å². The van der Waals surface area contributed by atoms with E-state index in [-0.39, 0.29) is 22.9 Å². The van der Waals surface area contributed by atoms with Crippen molar-refractivity contribution < 1.29 is 27.9 Å². The minimum atomic E-state index is -4.05. The third-order valence-electron chi connectivity index (χ3n) is 5.13. The zero-order chi connectivity index (χ0) is 23.9. The van der Waals surface area contributed by atoms with E-state index in [0.717, 1.165) is 25.7 Å². The number of sulfonamides is 1. The number of carbonyl (C=O) groups excluding carboxylic acids is 1. The van der Waals surface area contributed by atoms with E-state index >= 15 is 0 Å². The Balaban J connectivity index is 1.45. The molecule has 1 aromatic heterocycles. The number of amides is 1. The Hall–Kier alpha value is -3.96. The Labute approximate surface area is 198 Å². The van der Waals surface area contributed by atoms with E-state index in [0.29, 0.717) is 5.69 Å². The number of hydrogen-bond acceptors (Lipinski definition) is 7. The lowest BCUT2D eigenvalue weighted by molar-refractivity contribution is -0.137. The number of ether oxygens (including phenoxy) is 1. The minimum absolute atomic E-state index is 0.0877. The van der Waals surface area contributed by atoms with Gasteiger partial charge in [-0.05, 0) is 42.5 Å². The summed E-state index contributed by atoms with van der Waals surface area (Å²) in [5.74, 6) is -1.56. The molecular formula is C23H17N3O6S2. The van der Waals surface area contributed by atoms with Gasteiger partial charge in [-0.15, -0.1) is 11.3 Å². The quantitative estimate of drug-likeness (QED) is 0.419. The number of thiazole rings is 1. The molecule has 1 aliphatic heterocycles. The van der Waals surface area contributed by atoms with E-state index in [1.807, 2.05) is 30.3 Å². The molecule has 0 saturated heterocycles. The molecule has 4 aromatic rings. The molecule has 0 saturated carbocycles. The van der Waals surface area contributed by atoms with Crippen LogP contribution in [-0.4, -0.2) is 43.5 Å². The number of fused-ring (bicyclic) bond motifs is 2. The number of anilines is 2. The first kappa shape index (κ1) is 21.9. The maximum Gasteiger partial charge on any atom is 0.323 e. The van der Waals surface area contributed by atoms with E-state index in [4.69, 9.17) is 9.84 Å². The Bertz CT molecular complexity index is 1510. The number of para-hydroxylation sites is 1. The lowest BCUT2D eigenvalue weighted by Gasteiger charge is -2.28. The number of nitrogens with zero attached hydrogens (tertiary/aromatic N) is 2. The molecule has 5 rings (SSSR count). The minimum Gasteiger partial charge on any atom is -0.482 e. The van der Waals surface area contributed by atoms with Gasteiger partial charge in [0.25, 0.3) is 15.9 Å². The summed E-state index contributed by atoms with van der Waals surface area (Å²) in [6.07, 6.45) is 0. The fourth-order valence-electron chi connectivity index (χ4n) is 3.58. The Morgan fingerprint density at radius 3 is 2.74 bits per heavy atom. The van der Waals surface area contributed by atoms with Gasteiger partial charge in [0.1, 0.15) is 17.3 Å². The fourth-order valence-corrected chi connectivity index (χ4v) is 5.61. The smallest absolute Gasteiger partial charge is 0.323 e. The largest absolute Gasteiger partial charge is 0.482 e. The molecule has 0 atom stereocenters. The van der Waals surface area contributed by atoms with Crippen LogP contribution in [0.3, 0.4) is 0 Å². The van der Waals surface area contributed by atoms with Crippen LogP contribution in [0.4, 0.5) is 11.4 Å². The van der Waals surface area contributed by atoms with Crippen molar-refractivity contribution in [2.45, 2.75) is 4.90 Å². The second-order valence-corrected chi connectivity index (χ2v) is 10.2. The highest BCUT2D eigenvalue weighted by molar-refractivity contribution is 7.92. The number of hydrogen-bond donors (Lipinski definition) is 2. The Morgan fingerprint density at radius 1 is 1.12 bits per heavy atom. The first-order valence-electron chi connectivity index (χ1n) is 10.1. The summed E-state index contributed by atoms with van der Waals surface area (Å²) in [6.45, 7) is -0.917. The van der Waals surface area contributed by atoms with Crippen LogP contribution in [0.5, 0.6) is 5.75 Å². The van der Waals surface area contributed by atoms with Crippen LogP contribution in [0.25, 0.3) is 20.8 Å². The molecule has 1 aliphatic rings. The standard InChI is InChI=1S/C23H17N3O6S2/c27-21-13-32-19-9-8-16(11-18(19)26(21)12-22(28)29)34(30,31)25-15-5-3-4-14(10-15)23-24-17-6-1-2-7-20(17)33-23/h1-11,25H,12-13H2,(H,28,29). The van der Waals surface area contributed by atoms with Crippen molar-refractivity contribution in [1.29, 1.82) is 0 Å². The average molecular weight is 496 g/mol. The highest BCUT2D eigenvalue weighted by Crippen LogP contribution is 2.35. The summed E-state index contributed by atoms with van der Waals surface area (Å²) >= 11 is 1.51. The Morgan fingerprint density at radius 2 is 1.94 bits per heavy atom. The van der Waals surface area contributed by atoms with Gasteiger partial charge in [-0.2, -0.15) is 0 Å². The molecule has 9 nitrogen and oxygen atoms in total. The van der Waals surface area contributed by atoms with Crippen molar-refractivity contribution in [1.82, 2.24) is 4.98 Å². The van der Waals surface area contributed by atoms with Crippen molar-refractivity contribution in [3.8, 4) is 16.3 Å². The molecule has 172 valence electrons. The highest BCUT2D eigenvalue weighted by Gasteiger charge is 2.29. The van der Waals surface area contributed by atoms with Crippen molar-refractivity contribution in [2.75, 3.05) is 22.8 Å². The van der Waals surface area contributed by atoms with Gasteiger partial charge in [-0.1, -0.05) is 24.3 Å². The molecule has 0 unspecified atom stereocenters. The molecule has 0 fully saturated rings. The van der Waals surface area contributed by atoms with Crippen LogP contribution >= 0.6 is 11.3 Å². The van der Waals surface area contributed by atoms with E-state index in [1.54, 1.807) is 18.2 Å². The topological polar surface area (TPSA) is 126 Å². The number of nitrogens with one attached hydrogen (secondary N) is 1. The van der Waals surface area contributed by atoms with Gasteiger partial charge in [-0.25, -0.2) is 13.4 Å². The number of carboxylic acids is 1. The predicted octanol–water partition coefficient (Wildman–Crippen LogP) is 3.57. The number of aliphatic carboxylic acids is 1. The van der Waals surface area contributed by atoms with E-state index in [9.17, 15) is 18.0 Å². The summed E-state index contributed by atoms with van der Waals surface area (Å²) in [7, 11) is -4.05. The molecule has 3 aromatic carbocycles. The fraction of sp³-hybridized carbons (Fsp3) is 0.0870. The molecule has 11 heteroatoms. The third-order valence-corrected chi connectivity index (χ3v) is 7.60. The summed E-state index contributed by atoms with van der Waals surface area (Å²) in [4.78, 5) is 28.8. The van der Waals surface area contributed by atoms with Gasteiger partial charge < -0.3 is 9.84 Å². The van der Waals surface area contributed by atoms with Gasteiger partial charge >= 0.3 is 5.97 Å². The molecule has 34 heavy (non-hydrogen) atoms. The lowest BCUT2D eigenvalue weighted by atomic mass is 10.2. The van der Waals surface area contributed by atoms with E-state index in [1.165, 1.54) is 29.5 Å². The van der Waals surface area contributed by atoms with Gasteiger partial charge in [-0.3, -0.25) is 19.2 Å². The van der Waals surface area contributed by atoms with Crippen LogP contribution in [0.2, 0.25) is 0 Å². The van der Waals surface area contributed by atoms with Gasteiger partial charge in [0.05, 0.1) is 20.8 Å². The number of carboxylic acid groups (broad SMARTS) is 1. The maximum absolute atomic E-state index is 13.1. The van der Waals surface area contributed by atoms with Crippen LogP contribution in [0.1, 0.15) is 0 Å². The van der Waals surface area contributed by atoms with Gasteiger partial charge in [0, 0.05) is 11.3 Å². The second kappa shape index (κ2) is 8.43. The van der Waals surface area contributed by atoms with Crippen LogP contribution < -0.4 is 14.4 Å². The van der Waals surface area contributed by atoms with Crippen molar-refractivity contribution >= 4 is 54.8 Å². The molecule has 2 heterocycles. The Kier molecular flexibility index (Phi) is 5.42. The van der Waals surface area contributed by atoms with Crippen molar-refractivity contribution in [3.63, 3.8) is 0 Å². The number of benzene rings is 3. The molecule has 2 N–H and O–H groups in total. The highest BCUT2D eigenvalue weighted by atomic mass is 32.2. The summed E-state index contributed by atoms with van der Waals surface area (Å²) in [5, 5.41) is 9.89. The average Bonchev–Trinajstić information content (AvgIpc) is 3.25. The molecule has 0 radical (unpaired) electrons. The summed E-state index contributed by atoms with van der Waals surface area (Å²) in [6, 6.07) is 18.6. The first-order valence-corrected chi connectivity index (χ1v) is 12.4. The first-order chi connectivity index (χ1) is 16.3. The number of rotatable bonds is 6. The molecule has 0 aliphatic carbocycles. The van der Waals surface area contributed by atoms with Crippen LogP contribution in [0, 0.1) is 0 Å². The second-order valence-electron chi connectivity index (χ2n) is 7.46. The molecule has 0 spiro atoms. The van der Waals surface area contributed by atoms with E-state index < -0.39 is 28.4 Å². The molecule has 0 bridgehead atoms. The van der Waals surface area contributed by atoms with Gasteiger partial charge in [0.15, 0.2) is 6.61 Å². The zero-order valence-corrected chi connectivity index (χ0v) is 19.1. The number of carbonyl (C=O) groups is 2. The lowest BCUT2D eigenvalue weighted by Crippen LogP contribution is -2.42. The zero-order valence-electron chi connectivity index (χ0n) is 17.5. The molecule has 1 amide bonds. The van der Waals surface area contributed by atoms with Crippen LogP contribution in [-0.2, 0) is 19.6 Å². The maximum atomic E-state index is 13.1. The SMILES string of the molecule is O=C(O)CN1C(=O)COc2ccc(S(=O)(=O)Nc3cccc(-c4nc5ccccc5s4)c3)cc21. The van der Waals surface area contributed by atoms with E-state index in [2.05, 4.69) is 9.71 Å². The predicted molar refractivity (Wildman–Crippen MR) is 128 cm³/mol. The normalized spacial score (nSPS) is 13.4. The third kappa shape index (κ3) is 4.18. The van der Waals surface area contributed by atoms with Crippen LogP contribution in [0.15, 0.2) is 71.6 Å². The monoisotopic (exact) mass is 495 g/mol.